The first kappa shape index (κ1) is 10.6. The van der Waals surface area contributed by atoms with Gasteiger partial charge in [0, 0.05) is 24.7 Å². The number of nitrogens with two attached hydrogens (primary N) is 1. The van der Waals surface area contributed by atoms with Gasteiger partial charge in [0.1, 0.15) is 6.04 Å². The van der Waals surface area contributed by atoms with Gasteiger partial charge in [-0.25, -0.2) is 4.79 Å². The van der Waals surface area contributed by atoms with E-state index in [4.69, 9.17) is 10.5 Å². The molecule has 0 radical (unpaired) electrons. The van der Waals surface area contributed by atoms with Crippen molar-refractivity contribution in [2.24, 2.45) is 5.73 Å². The van der Waals surface area contributed by atoms with Crippen LogP contribution in [0.15, 0.2) is 24.3 Å². The van der Waals surface area contributed by atoms with E-state index in [0.29, 0.717) is 6.61 Å². The molecule has 2 aliphatic rings. The predicted octanol–water partition coefficient (Wildman–Crippen LogP) is 0.692. The molecule has 0 saturated carbocycles. The van der Waals surface area contributed by atoms with Crippen molar-refractivity contribution in [3.63, 3.8) is 0 Å². The van der Waals surface area contributed by atoms with Crippen LogP contribution in [0.25, 0.3) is 0 Å². The van der Waals surface area contributed by atoms with Crippen molar-refractivity contribution in [1.82, 2.24) is 0 Å². The van der Waals surface area contributed by atoms with Crippen molar-refractivity contribution >= 4 is 11.7 Å². The molecule has 0 amide bonds. The van der Waals surface area contributed by atoms with E-state index in [0.717, 1.165) is 25.1 Å². The predicted molar refractivity (Wildman–Crippen MR) is 64.8 cm³/mol. The van der Waals surface area contributed by atoms with E-state index >= 15 is 0 Å². The number of nitrogens with zero attached hydrogens (tertiary/aromatic N) is 1. The first-order valence-corrected chi connectivity index (χ1v) is 6.02. The second-order valence-electron chi connectivity index (χ2n) is 4.72. The second-order valence-corrected chi connectivity index (χ2v) is 4.72. The van der Waals surface area contributed by atoms with Gasteiger partial charge in [-0.15, -0.1) is 0 Å². The molecule has 0 spiro atoms. The van der Waals surface area contributed by atoms with Crippen molar-refractivity contribution in [1.29, 1.82) is 0 Å². The molecule has 0 bridgehead atoms. The minimum Gasteiger partial charge on any atom is -0.464 e. The third kappa shape index (κ3) is 1.78. The average Bonchev–Trinajstić information content (AvgIpc) is 2.74. The minimum atomic E-state index is -0.150. The van der Waals surface area contributed by atoms with Crippen molar-refractivity contribution in [3.05, 3.63) is 29.8 Å². The summed E-state index contributed by atoms with van der Waals surface area (Å²) in [7, 11) is 0. The number of anilines is 1. The number of carbonyl (C=O) groups excluding carboxylic acids is 1. The second kappa shape index (κ2) is 4.04. The lowest BCUT2D eigenvalue weighted by atomic mass is 9.96. The first-order chi connectivity index (χ1) is 8.25. The average molecular weight is 232 g/mol. The van der Waals surface area contributed by atoms with Crippen molar-refractivity contribution in [2.45, 2.75) is 24.9 Å². The number of benzene rings is 1. The van der Waals surface area contributed by atoms with Gasteiger partial charge >= 0.3 is 5.97 Å². The summed E-state index contributed by atoms with van der Waals surface area (Å²) < 4.78 is 5.05. The van der Waals surface area contributed by atoms with Crippen LogP contribution in [0.5, 0.6) is 0 Å². The molecule has 2 N–H and O–H groups in total. The molecule has 0 aromatic heterocycles. The van der Waals surface area contributed by atoms with E-state index in [2.05, 4.69) is 17.0 Å². The topological polar surface area (TPSA) is 55.6 Å². The zero-order valence-corrected chi connectivity index (χ0v) is 9.63. The molecule has 2 aliphatic heterocycles. The number of carbonyl (C=O) groups is 1. The van der Waals surface area contributed by atoms with E-state index in [1.807, 2.05) is 12.1 Å². The van der Waals surface area contributed by atoms with E-state index in [-0.39, 0.29) is 18.1 Å². The number of para-hydroxylation sites is 1. The fraction of sp³-hybridized carbons (Fsp3) is 0.462. The van der Waals surface area contributed by atoms with Crippen molar-refractivity contribution < 1.29 is 9.53 Å². The highest BCUT2D eigenvalue weighted by Gasteiger charge is 2.36. The largest absolute Gasteiger partial charge is 0.464 e. The molecule has 2 unspecified atom stereocenters. The molecule has 2 atom stereocenters. The van der Waals surface area contributed by atoms with E-state index in [1.165, 1.54) is 5.56 Å². The van der Waals surface area contributed by atoms with Gasteiger partial charge in [0.15, 0.2) is 0 Å². The Hall–Kier alpha value is -1.55. The molecule has 2 heterocycles. The van der Waals surface area contributed by atoms with Crippen LogP contribution in [0.2, 0.25) is 0 Å². The fourth-order valence-corrected chi connectivity index (χ4v) is 2.73. The lowest BCUT2D eigenvalue weighted by Gasteiger charge is -2.37. The Morgan fingerprint density at radius 3 is 2.94 bits per heavy atom. The number of fused-ring (bicyclic) bond motifs is 1. The molecule has 1 aromatic carbocycles. The quantitative estimate of drug-likeness (QED) is 0.724. The van der Waals surface area contributed by atoms with Gasteiger partial charge in [-0.2, -0.15) is 0 Å². The molecular weight excluding hydrogens is 216 g/mol. The van der Waals surface area contributed by atoms with Crippen LogP contribution < -0.4 is 10.6 Å². The number of hydrogen-bond donors (Lipinski definition) is 1. The van der Waals surface area contributed by atoms with Crippen molar-refractivity contribution in [3.8, 4) is 0 Å². The monoisotopic (exact) mass is 232 g/mol. The van der Waals surface area contributed by atoms with Gasteiger partial charge in [0.2, 0.25) is 0 Å². The smallest absolute Gasteiger partial charge is 0.328 e. The van der Waals surface area contributed by atoms with Crippen LogP contribution >= 0.6 is 0 Å². The number of rotatable bonds is 1. The standard InChI is InChI=1S/C13H16N2O2/c14-10-7-9-3-1-2-4-11(9)15(8-10)12-5-6-17-13(12)16/h1-4,10,12H,5-8,14H2. The Morgan fingerprint density at radius 2 is 2.18 bits per heavy atom. The SMILES string of the molecule is NC1Cc2ccccc2N(C2CCOC2=O)C1. The van der Waals surface area contributed by atoms with Crippen LogP contribution in [-0.4, -0.2) is 31.2 Å². The van der Waals surface area contributed by atoms with E-state index in [9.17, 15) is 4.79 Å². The highest BCUT2D eigenvalue weighted by atomic mass is 16.5. The molecule has 1 fully saturated rings. The summed E-state index contributed by atoms with van der Waals surface area (Å²) in [5.41, 5.74) is 8.42. The number of esters is 1. The number of ether oxygens (including phenoxy) is 1. The fourth-order valence-electron chi connectivity index (χ4n) is 2.73. The van der Waals surface area contributed by atoms with Crippen LogP contribution in [0, 0.1) is 0 Å². The Kier molecular flexibility index (Phi) is 2.52. The maximum absolute atomic E-state index is 11.7. The van der Waals surface area contributed by atoms with Gasteiger partial charge in [-0.3, -0.25) is 0 Å². The molecule has 0 aliphatic carbocycles. The highest BCUT2D eigenvalue weighted by Crippen LogP contribution is 2.30. The Bertz CT molecular complexity index is 447. The molecule has 3 rings (SSSR count). The van der Waals surface area contributed by atoms with Crippen LogP contribution in [0.1, 0.15) is 12.0 Å². The van der Waals surface area contributed by atoms with Crippen LogP contribution in [0.3, 0.4) is 0 Å². The molecule has 1 aromatic rings. The highest BCUT2D eigenvalue weighted by molar-refractivity contribution is 5.82. The van der Waals surface area contributed by atoms with Gasteiger partial charge < -0.3 is 15.4 Å². The van der Waals surface area contributed by atoms with Crippen LogP contribution in [-0.2, 0) is 16.0 Å². The maximum atomic E-state index is 11.7. The Balaban J connectivity index is 1.97. The van der Waals surface area contributed by atoms with E-state index in [1.54, 1.807) is 0 Å². The molecule has 1 saturated heterocycles. The van der Waals surface area contributed by atoms with Crippen molar-refractivity contribution in [2.75, 3.05) is 18.1 Å². The van der Waals surface area contributed by atoms with E-state index < -0.39 is 0 Å². The number of hydrogen-bond acceptors (Lipinski definition) is 4. The summed E-state index contributed by atoms with van der Waals surface area (Å²) in [6.07, 6.45) is 1.65. The van der Waals surface area contributed by atoms with Crippen LogP contribution in [0.4, 0.5) is 5.69 Å². The summed E-state index contributed by atoms with van der Waals surface area (Å²) in [5.74, 6) is -0.117. The summed E-state index contributed by atoms with van der Waals surface area (Å²) in [5, 5.41) is 0. The minimum absolute atomic E-state index is 0.0956. The lowest BCUT2D eigenvalue weighted by molar-refractivity contribution is -0.139. The summed E-state index contributed by atoms with van der Waals surface area (Å²) in [4.78, 5) is 13.8. The Morgan fingerprint density at radius 1 is 1.35 bits per heavy atom. The zero-order valence-electron chi connectivity index (χ0n) is 9.63. The molecular formula is C13H16N2O2. The lowest BCUT2D eigenvalue weighted by Crippen LogP contribution is -2.49. The third-order valence-electron chi connectivity index (χ3n) is 3.50. The molecule has 90 valence electrons. The molecule has 4 heteroatoms. The van der Waals surface area contributed by atoms with Gasteiger partial charge in [-0.05, 0) is 18.1 Å². The first-order valence-electron chi connectivity index (χ1n) is 6.02. The summed E-state index contributed by atoms with van der Waals surface area (Å²) in [6.45, 7) is 1.26. The maximum Gasteiger partial charge on any atom is 0.328 e. The summed E-state index contributed by atoms with van der Waals surface area (Å²) >= 11 is 0. The third-order valence-corrected chi connectivity index (χ3v) is 3.50. The normalized spacial score (nSPS) is 27.8. The van der Waals surface area contributed by atoms with Gasteiger partial charge in [0.05, 0.1) is 6.61 Å². The summed E-state index contributed by atoms with van der Waals surface area (Å²) in [6, 6.07) is 8.11. The van der Waals surface area contributed by atoms with Gasteiger partial charge in [0.25, 0.3) is 0 Å². The molecule has 17 heavy (non-hydrogen) atoms. The van der Waals surface area contributed by atoms with Gasteiger partial charge in [-0.1, -0.05) is 18.2 Å². The Labute approximate surface area is 100 Å². The molecule has 4 nitrogen and oxygen atoms in total. The number of cyclic esters (lactones) is 1. The zero-order chi connectivity index (χ0) is 11.8.